The molecule has 2 heterocycles. The molecule has 2 aromatic heterocycles. The number of unbranched alkanes of at least 4 members (excludes halogenated alkanes) is 2. The van der Waals surface area contributed by atoms with E-state index in [2.05, 4.69) is 11.5 Å². The maximum Gasteiger partial charge on any atom is 0.259 e. The second kappa shape index (κ2) is 9.50. The highest BCUT2D eigenvalue weighted by Crippen LogP contribution is 2.25. The van der Waals surface area contributed by atoms with Gasteiger partial charge in [0.05, 0.1) is 18.0 Å². The number of nitrogens with zero attached hydrogens (tertiary/aromatic N) is 3. The van der Waals surface area contributed by atoms with Crippen molar-refractivity contribution in [3.05, 3.63) is 81.7 Å². The number of methoxy groups -OCH3 is 1. The first-order valence-electron chi connectivity index (χ1n) is 10.6. The first-order valence-corrected chi connectivity index (χ1v) is 11.0. The van der Waals surface area contributed by atoms with Crippen molar-refractivity contribution in [1.82, 2.24) is 14.0 Å². The van der Waals surface area contributed by atoms with Gasteiger partial charge in [-0.15, -0.1) is 0 Å². The number of hydrogen-bond acceptors (Lipinski definition) is 3. The Balaban J connectivity index is 1.85. The van der Waals surface area contributed by atoms with Gasteiger partial charge >= 0.3 is 0 Å². The third-order valence-corrected chi connectivity index (χ3v) is 5.66. The van der Waals surface area contributed by atoms with Crippen LogP contribution in [0.25, 0.3) is 28.3 Å². The Morgan fingerprint density at radius 1 is 1.00 bits per heavy atom. The van der Waals surface area contributed by atoms with E-state index in [-0.39, 0.29) is 5.56 Å². The lowest BCUT2D eigenvalue weighted by Crippen LogP contribution is -2.18. The number of halogens is 1. The average molecular weight is 436 g/mol. The Bertz CT molecular complexity index is 1220. The second-order valence-electron chi connectivity index (χ2n) is 7.66. The van der Waals surface area contributed by atoms with Crippen LogP contribution in [0.4, 0.5) is 0 Å². The van der Waals surface area contributed by atoms with E-state index >= 15 is 0 Å². The van der Waals surface area contributed by atoms with Gasteiger partial charge in [0, 0.05) is 36.5 Å². The fourth-order valence-electron chi connectivity index (χ4n) is 3.77. The van der Waals surface area contributed by atoms with Crippen LogP contribution in [0.3, 0.4) is 0 Å². The molecule has 0 saturated heterocycles. The molecule has 31 heavy (non-hydrogen) atoms. The normalized spacial score (nSPS) is 11.3. The number of aromatic nitrogens is 3. The van der Waals surface area contributed by atoms with Crippen LogP contribution < -0.4 is 5.56 Å². The summed E-state index contributed by atoms with van der Waals surface area (Å²) in [6, 6.07) is 17.4. The monoisotopic (exact) mass is 435 g/mol. The molecule has 2 aromatic carbocycles. The molecule has 160 valence electrons. The van der Waals surface area contributed by atoms with Gasteiger partial charge in [-0.25, -0.2) is 4.98 Å². The highest BCUT2D eigenvalue weighted by Gasteiger charge is 2.15. The zero-order valence-electron chi connectivity index (χ0n) is 17.8. The lowest BCUT2D eigenvalue weighted by atomic mass is 10.1. The van der Waals surface area contributed by atoms with Crippen molar-refractivity contribution >= 4 is 17.4 Å². The van der Waals surface area contributed by atoms with Gasteiger partial charge in [0.25, 0.3) is 5.56 Å². The molecule has 0 fully saturated rings. The Hall–Kier alpha value is -2.89. The van der Waals surface area contributed by atoms with E-state index in [1.807, 2.05) is 54.7 Å². The molecular weight excluding hydrogens is 410 g/mol. The predicted octanol–water partition coefficient (Wildman–Crippen LogP) is 5.82. The lowest BCUT2D eigenvalue weighted by molar-refractivity contribution is 0.185. The van der Waals surface area contributed by atoms with E-state index in [0.717, 1.165) is 53.9 Å². The average Bonchev–Trinajstić information content (AvgIpc) is 3.23. The molecule has 0 atom stereocenters. The van der Waals surface area contributed by atoms with Crippen LogP contribution in [0.5, 0.6) is 0 Å². The minimum absolute atomic E-state index is 0.0922. The van der Waals surface area contributed by atoms with Crippen LogP contribution in [0.15, 0.2) is 65.6 Å². The third-order valence-electron chi connectivity index (χ3n) is 5.40. The molecule has 0 aliphatic rings. The Morgan fingerprint density at radius 2 is 1.71 bits per heavy atom. The molecule has 0 spiro atoms. The minimum Gasteiger partial charge on any atom is -0.380 e. The molecule has 4 aromatic rings. The minimum atomic E-state index is -0.0922. The molecular formula is C25H26ClN3O2. The van der Waals surface area contributed by atoms with Crippen LogP contribution >= 0.6 is 11.6 Å². The van der Waals surface area contributed by atoms with Gasteiger partial charge in [0.15, 0.2) is 0 Å². The number of ether oxygens (including phenoxy) is 1. The van der Waals surface area contributed by atoms with Crippen LogP contribution in [-0.2, 0) is 17.9 Å². The number of imidazole rings is 1. The largest absolute Gasteiger partial charge is 0.380 e. The van der Waals surface area contributed by atoms with E-state index in [1.54, 1.807) is 17.6 Å². The van der Waals surface area contributed by atoms with Crippen molar-refractivity contribution in [2.24, 2.45) is 0 Å². The van der Waals surface area contributed by atoms with Crippen molar-refractivity contribution in [1.29, 1.82) is 0 Å². The van der Waals surface area contributed by atoms with E-state index in [9.17, 15) is 4.79 Å². The third kappa shape index (κ3) is 4.58. The lowest BCUT2D eigenvalue weighted by Gasteiger charge is -2.15. The molecule has 0 saturated carbocycles. The first-order chi connectivity index (χ1) is 15.1. The summed E-state index contributed by atoms with van der Waals surface area (Å²) in [7, 11) is 1.68. The molecule has 0 amide bonds. The highest BCUT2D eigenvalue weighted by atomic mass is 35.5. The number of benzene rings is 2. The maximum atomic E-state index is 13.0. The summed E-state index contributed by atoms with van der Waals surface area (Å²) >= 11 is 6.03. The topological polar surface area (TPSA) is 48.5 Å². The number of hydrogen-bond donors (Lipinski definition) is 0. The van der Waals surface area contributed by atoms with Crippen LogP contribution in [0, 0.1) is 0 Å². The van der Waals surface area contributed by atoms with E-state index < -0.39 is 0 Å². The molecule has 0 aliphatic carbocycles. The van der Waals surface area contributed by atoms with Crippen LogP contribution in [0.1, 0.15) is 31.7 Å². The molecule has 0 bridgehead atoms. The van der Waals surface area contributed by atoms with Crippen molar-refractivity contribution in [2.45, 2.75) is 39.3 Å². The Kier molecular flexibility index (Phi) is 6.54. The fraction of sp³-hybridized carbons (Fsp3) is 0.280. The summed E-state index contributed by atoms with van der Waals surface area (Å²) < 4.78 is 9.01. The van der Waals surface area contributed by atoms with Gasteiger partial charge in [-0.2, -0.15) is 0 Å². The fourth-order valence-corrected chi connectivity index (χ4v) is 3.90. The quantitative estimate of drug-likeness (QED) is 0.327. The SMILES string of the molecule is CCCCCn1c(-c2ccc(COC)cc2)cc(=O)n2cc(-c3ccc(Cl)cc3)nc12. The standard InChI is InChI=1S/C25H26ClN3O2/c1-3-4-5-14-28-23(20-8-6-18(7-9-20)17-31-2)15-24(30)29-16-22(27-25(28)29)19-10-12-21(26)13-11-19/h6-13,15-16H,3-5,14,17H2,1-2H3. The molecule has 0 aliphatic heterocycles. The first kappa shape index (κ1) is 21.3. The van der Waals surface area contributed by atoms with Gasteiger partial charge < -0.3 is 9.30 Å². The predicted molar refractivity (Wildman–Crippen MR) is 126 cm³/mol. The zero-order chi connectivity index (χ0) is 21.8. The molecule has 0 unspecified atom stereocenters. The van der Waals surface area contributed by atoms with Crippen LogP contribution in [0.2, 0.25) is 5.02 Å². The number of rotatable bonds is 8. The zero-order valence-corrected chi connectivity index (χ0v) is 18.6. The molecule has 4 rings (SSSR count). The van der Waals surface area contributed by atoms with Crippen molar-refractivity contribution in [3.8, 4) is 22.5 Å². The van der Waals surface area contributed by atoms with Gasteiger partial charge in [-0.1, -0.05) is 67.8 Å². The van der Waals surface area contributed by atoms with Gasteiger partial charge in [0.2, 0.25) is 5.78 Å². The van der Waals surface area contributed by atoms with Gasteiger partial charge in [0.1, 0.15) is 0 Å². The van der Waals surface area contributed by atoms with Crippen molar-refractivity contribution in [2.75, 3.05) is 7.11 Å². The van der Waals surface area contributed by atoms with Crippen LogP contribution in [-0.4, -0.2) is 21.1 Å². The summed E-state index contributed by atoms with van der Waals surface area (Å²) in [6.07, 6.45) is 5.08. The van der Waals surface area contributed by atoms with Gasteiger partial charge in [-0.3, -0.25) is 9.20 Å². The highest BCUT2D eigenvalue weighted by molar-refractivity contribution is 6.30. The van der Waals surface area contributed by atoms with E-state index in [4.69, 9.17) is 21.3 Å². The smallest absolute Gasteiger partial charge is 0.259 e. The molecule has 5 nitrogen and oxygen atoms in total. The number of aryl methyl sites for hydroxylation is 1. The van der Waals surface area contributed by atoms with Crippen molar-refractivity contribution in [3.63, 3.8) is 0 Å². The van der Waals surface area contributed by atoms with Crippen molar-refractivity contribution < 1.29 is 4.74 Å². The van der Waals surface area contributed by atoms with Gasteiger partial charge in [-0.05, 0) is 29.7 Å². The number of fused-ring (bicyclic) bond motifs is 1. The molecule has 0 N–H and O–H groups in total. The second-order valence-corrected chi connectivity index (χ2v) is 8.10. The Labute approximate surface area is 186 Å². The molecule has 0 radical (unpaired) electrons. The summed E-state index contributed by atoms with van der Waals surface area (Å²) in [4.78, 5) is 17.8. The van der Waals surface area contributed by atoms with E-state index in [1.165, 1.54) is 0 Å². The summed E-state index contributed by atoms with van der Waals surface area (Å²) in [5, 5.41) is 0.672. The summed E-state index contributed by atoms with van der Waals surface area (Å²) in [5.41, 5.74) is 4.56. The summed E-state index contributed by atoms with van der Waals surface area (Å²) in [5.74, 6) is 0.657. The molecule has 6 heteroatoms. The maximum absolute atomic E-state index is 13.0. The summed E-state index contributed by atoms with van der Waals surface area (Å²) in [6.45, 7) is 3.54. The van der Waals surface area contributed by atoms with E-state index in [0.29, 0.717) is 17.4 Å². The Morgan fingerprint density at radius 3 is 2.39 bits per heavy atom.